The van der Waals surface area contributed by atoms with Gasteiger partial charge in [0.2, 0.25) is 0 Å². The van der Waals surface area contributed by atoms with Crippen LogP contribution in [-0.2, 0) is 6.54 Å². The maximum absolute atomic E-state index is 5.86. The number of hydrogen-bond acceptors (Lipinski definition) is 4. The Labute approximate surface area is 143 Å². The van der Waals surface area contributed by atoms with Gasteiger partial charge in [0.15, 0.2) is 11.5 Å². The minimum absolute atomic E-state index is 0. The van der Waals surface area contributed by atoms with Crippen LogP contribution in [0, 0.1) is 13.8 Å². The number of benzene rings is 1. The lowest BCUT2D eigenvalue weighted by Gasteiger charge is -2.16. The monoisotopic (exact) mass is 337 g/mol. The van der Waals surface area contributed by atoms with Gasteiger partial charge in [-0.15, -0.1) is 12.4 Å². The van der Waals surface area contributed by atoms with Gasteiger partial charge in [0, 0.05) is 30.1 Å². The molecule has 0 radical (unpaired) electrons. The minimum atomic E-state index is 0. The molecule has 0 fully saturated rings. The van der Waals surface area contributed by atoms with Crippen LogP contribution in [0.15, 0.2) is 28.7 Å². The Morgan fingerprint density at radius 1 is 1.17 bits per heavy atom. The molecule has 1 aliphatic heterocycles. The van der Waals surface area contributed by atoms with E-state index in [0.717, 1.165) is 41.5 Å². The second-order valence-corrected chi connectivity index (χ2v) is 5.77. The molecular formula is C18H24ClNO3. The highest BCUT2D eigenvalue weighted by Gasteiger charge is 2.16. The maximum atomic E-state index is 5.86. The molecule has 1 unspecified atom stereocenters. The van der Waals surface area contributed by atoms with Crippen molar-refractivity contribution in [2.75, 3.05) is 13.2 Å². The van der Waals surface area contributed by atoms with Gasteiger partial charge >= 0.3 is 0 Å². The summed E-state index contributed by atoms with van der Waals surface area (Å²) in [5.41, 5.74) is 2.33. The van der Waals surface area contributed by atoms with Crippen LogP contribution in [0.25, 0.3) is 0 Å². The van der Waals surface area contributed by atoms with E-state index in [9.17, 15) is 0 Å². The first-order valence-electron chi connectivity index (χ1n) is 7.83. The van der Waals surface area contributed by atoms with Gasteiger partial charge < -0.3 is 19.2 Å². The number of furan rings is 1. The van der Waals surface area contributed by atoms with Crippen molar-refractivity contribution in [1.29, 1.82) is 0 Å². The Bertz CT molecular complexity index is 654. The van der Waals surface area contributed by atoms with E-state index in [1.54, 1.807) is 0 Å². The van der Waals surface area contributed by atoms with Crippen molar-refractivity contribution in [3.05, 3.63) is 46.9 Å². The van der Waals surface area contributed by atoms with E-state index >= 15 is 0 Å². The minimum Gasteiger partial charge on any atom is -0.490 e. The Morgan fingerprint density at radius 2 is 1.96 bits per heavy atom. The normalized spacial score (nSPS) is 14.7. The number of para-hydroxylation sites is 1. The van der Waals surface area contributed by atoms with E-state index in [-0.39, 0.29) is 18.4 Å². The highest BCUT2D eigenvalue weighted by atomic mass is 35.5. The first-order valence-corrected chi connectivity index (χ1v) is 7.83. The van der Waals surface area contributed by atoms with Gasteiger partial charge in [-0.25, -0.2) is 0 Å². The van der Waals surface area contributed by atoms with E-state index in [1.807, 2.05) is 26.0 Å². The van der Waals surface area contributed by atoms with Crippen LogP contribution >= 0.6 is 12.4 Å². The van der Waals surface area contributed by atoms with E-state index in [4.69, 9.17) is 13.9 Å². The van der Waals surface area contributed by atoms with E-state index < -0.39 is 0 Å². The van der Waals surface area contributed by atoms with Crippen molar-refractivity contribution < 1.29 is 13.9 Å². The molecule has 0 saturated heterocycles. The molecule has 1 N–H and O–H groups in total. The quantitative estimate of drug-likeness (QED) is 0.901. The van der Waals surface area contributed by atoms with Gasteiger partial charge in [0.1, 0.15) is 11.5 Å². The fraction of sp³-hybridized carbons (Fsp3) is 0.444. The lowest BCUT2D eigenvalue weighted by Crippen LogP contribution is -2.18. The molecule has 5 heteroatoms. The summed E-state index contributed by atoms with van der Waals surface area (Å²) in [5, 5.41) is 3.54. The van der Waals surface area contributed by atoms with Crippen LogP contribution in [-0.4, -0.2) is 13.2 Å². The summed E-state index contributed by atoms with van der Waals surface area (Å²) in [6, 6.07) is 8.39. The van der Waals surface area contributed by atoms with Crippen molar-refractivity contribution in [3.63, 3.8) is 0 Å². The van der Waals surface area contributed by atoms with Crippen molar-refractivity contribution >= 4 is 12.4 Å². The smallest absolute Gasteiger partial charge is 0.165 e. The van der Waals surface area contributed by atoms with Crippen LogP contribution in [0.4, 0.5) is 0 Å². The van der Waals surface area contributed by atoms with Crippen molar-refractivity contribution in [1.82, 2.24) is 5.32 Å². The van der Waals surface area contributed by atoms with Crippen LogP contribution in [0.3, 0.4) is 0 Å². The second kappa shape index (κ2) is 7.75. The average Bonchev–Trinajstić information content (AvgIpc) is 2.72. The number of rotatable bonds is 4. The molecule has 126 valence electrons. The van der Waals surface area contributed by atoms with Crippen molar-refractivity contribution in [2.24, 2.45) is 0 Å². The largest absolute Gasteiger partial charge is 0.490 e. The maximum Gasteiger partial charge on any atom is 0.165 e. The predicted octanol–water partition coefficient (Wildman–Crippen LogP) is 4.33. The predicted molar refractivity (Wildman–Crippen MR) is 92.7 cm³/mol. The van der Waals surface area contributed by atoms with Crippen LogP contribution < -0.4 is 14.8 Å². The zero-order valence-corrected chi connectivity index (χ0v) is 14.7. The van der Waals surface area contributed by atoms with E-state index in [0.29, 0.717) is 13.2 Å². The van der Waals surface area contributed by atoms with E-state index in [1.165, 1.54) is 5.56 Å². The Morgan fingerprint density at radius 3 is 2.70 bits per heavy atom. The number of ether oxygens (including phenoxy) is 2. The second-order valence-electron chi connectivity index (χ2n) is 5.77. The Hall–Kier alpha value is -1.65. The van der Waals surface area contributed by atoms with E-state index in [2.05, 4.69) is 24.4 Å². The zero-order chi connectivity index (χ0) is 15.5. The summed E-state index contributed by atoms with van der Waals surface area (Å²) in [5.74, 6) is 3.65. The molecule has 2 heterocycles. The molecule has 0 amide bonds. The molecule has 0 spiro atoms. The van der Waals surface area contributed by atoms with Crippen LogP contribution in [0.1, 0.15) is 42.0 Å². The van der Waals surface area contributed by atoms with Gasteiger partial charge in [-0.3, -0.25) is 0 Å². The third-order valence-corrected chi connectivity index (χ3v) is 4.00. The van der Waals surface area contributed by atoms with Gasteiger partial charge in [-0.2, -0.15) is 0 Å². The summed E-state index contributed by atoms with van der Waals surface area (Å²) >= 11 is 0. The zero-order valence-electron chi connectivity index (χ0n) is 13.8. The summed E-state index contributed by atoms with van der Waals surface area (Å²) in [6.45, 7) is 8.29. The molecule has 0 bridgehead atoms. The summed E-state index contributed by atoms with van der Waals surface area (Å²) in [4.78, 5) is 0. The summed E-state index contributed by atoms with van der Waals surface area (Å²) in [6.07, 6.45) is 0.922. The fourth-order valence-electron chi connectivity index (χ4n) is 2.85. The molecule has 4 nitrogen and oxygen atoms in total. The molecule has 0 aliphatic carbocycles. The van der Waals surface area contributed by atoms with Gasteiger partial charge in [-0.1, -0.05) is 12.1 Å². The molecule has 1 aliphatic rings. The first-order chi connectivity index (χ1) is 10.6. The van der Waals surface area contributed by atoms with Crippen molar-refractivity contribution in [2.45, 2.75) is 39.8 Å². The van der Waals surface area contributed by atoms with Gasteiger partial charge in [-0.05, 0) is 32.9 Å². The molecule has 3 rings (SSSR count). The van der Waals surface area contributed by atoms with Crippen LogP contribution in [0.2, 0.25) is 0 Å². The average molecular weight is 338 g/mol. The molecular weight excluding hydrogens is 314 g/mol. The number of nitrogens with one attached hydrogen (secondary N) is 1. The molecule has 1 aromatic carbocycles. The third-order valence-electron chi connectivity index (χ3n) is 4.00. The topological polar surface area (TPSA) is 43.6 Å². The Balaban J connectivity index is 0.00000192. The lowest BCUT2D eigenvalue weighted by atomic mass is 10.1. The molecule has 23 heavy (non-hydrogen) atoms. The highest BCUT2D eigenvalue weighted by Crippen LogP contribution is 2.33. The number of aryl methyl sites for hydroxylation is 2. The number of fused-ring (bicyclic) bond motifs is 1. The number of halogens is 1. The molecule has 0 saturated carbocycles. The SMILES string of the molecule is Cc1cc(C(C)NCc2cccc3c2OCCCO3)c(C)o1.Cl. The van der Waals surface area contributed by atoms with Gasteiger partial charge in [0.05, 0.1) is 13.2 Å². The summed E-state index contributed by atoms with van der Waals surface area (Å²) < 4.78 is 17.2. The Kier molecular flexibility index (Phi) is 5.97. The first kappa shape index (κ1) is 17.7. The molecule has 1 atom stereocenters. The molecule has 2 aromatic rings. The summed E-state index contributed by atoms with van der Waals surface area (Å²) in [7, 11) is 0. The van der Waals surface area contributed by atoms with Crippen molar-refractivity contribution in [3.8, 4) is 11.5 Å². The fourth-order valence-corrected chi connectivity index (χ4v) is 2.85. The van der Waals surface area contributed by atoms with Gasteiger partial charge in [0.25, 0.3) is 0 Å². The standard InChI is InChI=1S/C18H23NO3.ClH/c1-12-10-16(14(3)22-12)13(2)19-11-15-6-4-7-17-18(15)21-9-5-8-20-17;/h4,6-7,10,13,19H,5,8-9,11H2,1-3H3;1H. The third kappa shape index (κ3) is 4.01. The lowest BCUT2D eigenvalue weighted by molar-refractivity contribution is 0.295. The molecule has 1 aromatic heterocycles. The highest BCUT2D eigenvalue weighted by molar-refractivity contribution is 5.85. The number of hydrogen-bond donors (Lipinski definition) is 1. The van der Waals surface area contributed by atoms with Crippen LogP contribution in [0.5, 0.6) is 11.5 Å².